The summed E-state index contributed by atoms with van der Waals surface area (Å²) < 4.78 is 44.8. The normalized spacial score (nSPS) is 20.3. The van der Waals surface area contributed by atoms with Gasteiger partial charge in [-0.05, 0) is 32.0 Å². The van der Waals surface area contributed by atoms with Gasteiger partial charge in [-0.25, -0.2) is 0 Å². The van der Waals surface area contributed by atoms with Crippen LogP contribution in [0.2, 0.25) is 0 Å². The summed E-state index contributed by atoms with van der Waals surface area (Å²) in [5.74, 6) is -0.475. The molecular weight excluding hydrogens is 413 g/mol. The standard InChI is InChI=1S/C21H29F3N4O3/c1-26(13-16-5-4-12-31-16)15-20(30)28-10-8-27(9-11-28)14-19(29)25-18-7-3-2-6-17(18)21(22,23)24/h2-3,6-7,16H,4-5,8-15H2,1H3,(H,25,29). The van der Waals surface area contributed by atoms with Gasteiger partial charge in [0.2, 0.25) is 11.8 Å². The molecule has 1 atom stereocenters. The summed E-state index contributed by atoms with van der Waals surface area (Å²) in [7, 11) is 1.90. The number of para-hydroxylation sites is 1. The van der Waals surface area contributed by atoms with E-state index >= 15 is 0 Å². The number of halogens is 3. The monoisotopic (exact) mass is 442 g/mol. The molecule has 0 aliphatic carbocycles. The number of carbonyl (C=O) groups is 2. The van der Waals surface area contributed by atoms with Crippen LogP contribution in [-0.4, -0.2) is 92.1 Å². The van der Waals surface area contributed by atoms with Crippen LogP contribution < -0.4 is 5.32 Å². The van der Waals surface area contributed by atoms with Gasteiger partial charge in [0.1, 0.15) is 0 Å². The van der Waals surface area contributed by atoms with Crippen LogP contribution >= 0.6 is 0 Å². The number of carbonyl (C=O) groups excluding carboxylic acids is 2. The second kappa shape index (κ2) is 10.4. The van der Waals surface area contributed by atoms with Crippen LogP contribution in [0.1, 0.15) is 18.4 Å². The molecule has 0 saturated carbocycles. The topological polar surface area (TPSA) is 65.1 Å². The molecule has 1 unspecified atom stereocenters. The molecule has 10 heteroatoms. The third kappa shape index (κ3) is 6.91. The minimum absolute atomic E-state index is 0.0207. The SMILES string of the molecule is CN(CC(=O)N1CCN(CC(=O)Nc2ccccc2C(F)(F)F)CC1)CC1CCCO1. The van der Waals surface area contributed by atoms with Crippen LogP contribution in [-0.2, 0) is 20.5 Å². The van der Waals surface area contributed by atoms with Crippen molar-refractivity contribution in [3.8, 4) is 0 Å². The molecule has 3 rings (SSSR count). The lowest BCUT2D eigenvalue weighted by Gasteiger charge is -2.35. The van der Waals surface area contributed by atoms with Gasteiger partial charge >= 0.3 is 6.18 Å². The number of ether oxygens (including phenoxy) is 1. The Bertz CT molecular complexity index is 760. The molecular formula is C21H29F3N4O3. The molecule has 0 bridgehead atoms. The second-order valence-electron chi connectivity index (χ2n) is 8.08. The van der Waals surface area contributed by atoms with Crippen LogP contribution in [0.3, 0.4) is 0 Å². The van der Waals surface area contributed by atoms with Crippen molar-refractivity contribution in [2.75, 3.05) is 64.8 Å². The fourth-order valence-corrected chi connectivity index (χ4v) is 3.92. The number of nitrogens with one attached hydrogen (secondary N) is 1. The van der Waals surface area contributed by atoms with Gasteiger partial charge < -0.3 is 15.0 Å². The van der Waals surface area contributed by atoms with E-state index in [1.165, 1.54) is 18.2 Å². The summed E-state index contributed by atoms with van der Waals surface area (Å²) >= 11 is 0. The number of nitrogens with zero attached hydrogens (tertiary/aromatic N) is 3. The lowest BCUT2D eigenvalue weighted by atomic mass is 10.1. The first kappa shape index (κ1) is 23.5. The molecule has 1 aromatic carbocycles. The Hall–Kier alpha value is -2.17. The smallest absolute Gasteiger partial charge is 0.377 e. The van der Waals surface area contributed by atoms with E-state index in [1.807, 2.05) is 16.8 Å². The third-order valence-corrected chi connectivity index (χ3v) is 5.54. The summed E-state index contributed by atoms with van der Waals surface area (Å²) in [6, 6.07) is 4.92. The van der Waals surface area contributed by atoms with Gasteiger partial charge in [-0.15, -0.1) is 0 Å². The zero-order valence-electron chi connectivity index (χ0n) is 17.7. The largest absolute Gasteiger partial charge is 0.418 e. The van der Waals surface area contributed by atoms with Gasteiger partial charge in [0, 0.05) is 39.3 Å². The van der Waals surface area contributed by atoms with E-state index in [4.69, 9.17) is 4.74 Å². The number of rotatable bonds is 7. The summed E-state index contributed by atoms with van der Waals surface area (Å²) in [6.07, 6.45) is -2.26. The van der Waals surface area contributed by atoms with E-state index in [-0.39, 0.29) is 24.2 Å². The van der Waals surface area contributed by atoms with Crippen molar-refractivity contribution in [1.29, 1.82) is 0 Å². The molecule has 7 nitrogen and oxygen atoms in total. The molecule has 2 aliphatic heterocycles. The predicted molar refractivity (Wildman–Crippen MR) is 110 cm³/mol. The molecule has 31 heavy (non-hydrogen) atoms. The summed E-state index contributed by atoms with van der Waals surface area (Å²) in [6.45, 7) is 3.76. The van der Waals surface area contributed by atoms with Gasteiger partial charge in [-0.3, -0.25) is 19.4 Å². The average Bonchev–Trinajstić information content (AvgIpc) is 3.20. The highest BCUT2D eigenvalue weighted by Crippen LogP contribution is 2.34. The Balaban J connectivity index is 1.41. The highest BCUT2D eigenvalue weighted by molar-refractivity contribution is 5.93. The van der Waals surface area contributed by atoms with Crippen molar-refractivity contribution >= 4 is 17.5 Å². The van der Waals surface area contributed by atoms with Gasteiger partial charge in [-0.1, -0.05) is 12.1 Å². The van der Waals surface area contributed by atoms with Crippen molar-refractivity contribution in [1.82, 2.24) is 14.7 Å². The van der Waals surface area contributed by atoms with Crippen LogP contribution in [0.15, 0.2) is 24.3 Å². The number of hydrogen-bond acceptors (Lipinski definition) is 5. The van der Waals surface area contributed by atoms with Crippen molar-refractivity contribution < 1.29 is 27.5 Å². The molecule has 2 aliphatic rings. The lowest BCUT2D eigenvalue weighted by molar-refractivity contribution is -0.137. The first-order chi connectivity index (χ1) is 14.7. The van der Waals surface area contributed by atoms with E-state index < -0.39 is 17.6 Å². The minimum atomic E-state index is -4.53. The number of anilines is 1. The summed E-state index contributed by atoms with van der Waals surface area (Å²) in [4.78, 5) is 30.4. The van der Waals surface area contributed by atoms with E-state index in [9.17, 15) is 22.8 Å². The van der Waals surface area contributed by atoms with Gasteiger partial charge in [0.25, 0.3) is 0 Å². The van der Waals surface area contributed by atoms with Crippen LogP contribution in [0.25, 0.3) is 0 Å². The minimum Gasteiger partial charge on any atom is -0.377 e. The van der Waals surface area contributed by atoms with Crippen molar-refractivity contribution in [3.05, 3.63) is 29.8 Å². The Labute approximate surface area is 180 Å². The zero-order valence-corrected chi connectivity index (χ0v) is 17.7. The quantitative estimate of drug-likeness (QED) is 0.699. The van der Waals surface area contributed by atoms with Gasteiger partial charge in [0.15, 0.2) is 0 Å². The predicted octanol–water partition coefficient (Wildman–Crippen LogP) is 1.90. The number of amides is 2. The van der Waals surface area contributed by atoms with Crippen molar-refractivity contribution in [2.45, 2.75) is 25.1 Å². The third-order valence-electron chi connectivity index (χ3n) is 5.54. The Morgan fingerprint density at radius 2 is 1.90 bits per heavy atom. The maximum atomic E-state index is 13.1. The molecule has 2 amide bonds. The molecule has 0 aromatic heterocycles. The molecule has 0 radical (unpaired) electrons. The highest BCUT2D eigenvalue weighted by atomic mass is 19.4. The number of benzene rings is 1. The molecule has 0 spiro atoms. The molecule has 2 saturated heterocycles. The Kier molecular flexibility index (Phi) is 7.90. The molecule has 172 valence electrons. The molecule has 1 aromatic rings. The molecule has 1 N–H and O–H groups in total. The first-order valence-electron chi connectivity index (χ1n) is 10.5. The number of hydrogen-bond donors (Lipinski definition) is 1. The maximum Gasteiger partial charge on any atom is 0.418 e. The summed E-state index contributed by atoms with van der Waals surface area (Å²) in [5.41, 5.74) is -1.12. The Morgan fingerprint density at radius 3 is 2.55 bits per heavy atom. The van der Waals surface area contributed by atoms with E-state index in [1.54, 1.807) is 4.90 Å². The first-order valence-corrected chi connectivity index (χ1v) is 10.5. The fourth-order valence-electron chi connectivity index (χ4n) is 3.92. The van der Waals surface area contributed by atoms with Crippen molar-refractivity contribution in [2.24, 2.45) is 0 Å². The zero-order chi connectivity index (χ0) is 22.4. The maximum absolute atomic E-state index is 13.1. The molecule has 2 fully saturated rings. The number of likely N-dealkylation sites (N-methyl/N-ethyl adjacent to an activating group) is 1. The van der Waals surface area contributed by atoms with Crippen LogP contribution in [0.5, 0.6) is 0 Å². The number of piperazine rings is 1. The van der Waals surface area contributed by atoms with Crippen LogP contribution in [0.4, 0.5) is 18.9 Å². The Morgan fingerprint density at radius 1 is 1.19 bits per heavy atom. The van der Waals surface area contributed by atoms with E-state index in [0.717, 1.165) is 32.1 Å². The van der Waals surface area contributed by atoms with Crippen LogP contribution in [0, 0.1) is 0 Å². The number of alkyl halides is 3. The van der Waals surface area contributed by atoms with Gasteiger partial charge in [0.05, 0.1) is 30.4 Å². The van der Waals surface area contributed by atoms with Gasteiger partial charge in [-0.2, -0.15) is 13.2 Å². The summed E-state index contributed by atoms with van der Waals surface area (Å²) in [5, 5.41) is 2.36. The fraction of sp³-hybridized carbons (Fsp3) is 0.619. The highest BCUT2D eigenvalue weighted by Gasteiger charge is 2.33. The average molecular weight is 442 g/mol. The van der Waals surface area contributed by atoms with Crippen molar-refractivity contribution in [3.63, 3.8) is 0 Å². The van der Waals surface area contributed by atoms with E-state index in [2.05, 4.69) is 5.32 Å². The van der Waals surface area contributed by atoms with E-state index in [0.29, 0.717) is 32.7 Å². The second-order valence-corrected chi connectivity index (χ2v) is 8.08. The molecule has 2 heterocycles. The lowest BCUT2D eigenvalue weighted by Crippen LogP contribution is -2.52.